The molecule has 1 aliphatic rings. The van der Waals surface area contributed by atoms with Crippen molar-refractivity contribution < 1.29 is 18.3 Å². The van der Waals surface area contributed by atoms with Crippen LogP contribution in [0.25, 0.3) is 0 Å². The first-order valence-electron chi connectivity index (χ1n) is 5.74. The van der Waals surface area contributed by atoms with Crippen molar-refractivity contribution in [2.45, 2.75) is 6.42 Å². The zero-order chi connectivity index (χ0) is 13.2. The first kappa shape index (κ1) is 12.9. The Hall–Kier alpha value is -1.56. The van der Waals surface area contributed by atoms with Gasteiger partial charge in [0, 0.05) is 12.2 Å². The van der Waals surface area contributed by atoms with E-state index in [4.69, 9.17) is 5.11 Å². The summed E-state index contributed by atoms with van der Waals surface area (Å²) in [6.45, 7) is 0.490. The van der Waals surface area contributed by atoms with Gasteiger partial charge < -0.3 is 10.4 Å². The normalized spacial score (nSPS) is 21.7. The zero-order valence-corrected chi connectivity index (χ0v) is 10.6. The number of carboxylic acids is 1. The van der Waals surface area contributed by atoms with Gasteiger partial charge >= 0.3 is 5.97 Å². The summed E-state index contributed by atoms with van der Waals surface area (Å²) in [5.74, 6) is -0.496. The Morgan fingerprint density at radius 2 is 2.11 bits per heavy atom. The molecule has 1 aromatic carbocycles. The third-order valence-corrected chi connectivity index (χ3v) is 4.90. The number of hydrogen-bond donors (Lipinski definition) is 2. The maximum atomic E-state index is 11.3. The quantitative estimate of drug-likeness (QED) is 0.859. The highest BCUT2D eigenvalue weighted by molar-refractivity contribution is 7.91. The van der Waals surface area contributed by atoms with Crippen LogP contribution in [0.2, 0.25) is 0 Å². The Morgan fingerprint density at radius 1 is 1.39 bits per heavy atom. The summed E-state index contributed by atoms with van der Waals surface area (Å²) in [7, 11) is -2.88. The van der Waals surface area contributed by atoms with Gasteiger partial charge in [0.2, 0.25) is 0 Å². The van der Waals surface area contributed by atoms with Crippen molar-refractivity contribution in [1.82, 2.24) is 0 Å². The molecular weight excluding hydrogens is 254 g/mol. The van der Waals surface area contributed by atoms with E-state index in [2.05, 4.69) is 5.32 Å². The Balaban J connectivity index is 2.01. The lowest BCUT2D eigenvalue weighted by atomic mass is 10.1. The first-order chi connectivity index (χ1) is 8.48. The molecule has 0 aromatic heterocycles. The Morgan fingerprint density at radius 3 is 2.72 bits per heavy atom. The van der Waals surface area contributed by atoms with E-state index in [9.17, 15) is 13.2 Å². The summed E-state index contributed by atoms with van der Waals surface area (Å²) in [6.07, 6.45) is 0.643. The van der Waals surface area contributed by atoms with Gasteiger partial charge in [-0.15, -0.1) is 0 Å². The second-order valence-electron chi connectivity index (χ2n) is 4.50. The predicted molar refractivity (Wildman–Crippen MR) is 68.7 cm³/mol. The van der Waals surface area contributed by atoms with E-state index in [-0.39, 0.29) is 23.0 Å². The van der Waals surface area contributed by atoms with E-state index in [1.807, 2.05) is 0 Å². The largest absolute Gasteiger partial charge is 0.478 e. The fourth-order valence-electron chi connectivity index (χ4n) is 2.11. The number of benzene rings is 1. The van der Waals surface area contributed by atoms with Gasteiger partial charge in [0.1, 0.15) is 0 Å². The number of rotatable bonds is 4. The summed E-state index contributed by atoms with van der Waals surface area (Å²) in [5.41, 5.74) is 0.743. The average molecular weight is 269 g/mol. The number of carboxylic acid groups (broad SMARTS) is 1. The molecule has 0 amide bonds. The van der Waals surface area contributed by atoms with Crippen LogP contribution in [-0.2, 0) is 9.84 Å². The number of anilines is 1. The number of para-hydroxylation sites is 1. The van der Waals surface area contributed by atoms with Crippen LogP contribution in [0.1, 0.15) is 16.8 Å². The number of carbonyl (C=O) groups is 1. The van der Waals surface area contributed by atoms with Crippen LogP contribution in [0.15, 0.2) is 24.3 Å². The molecule has 2 N–H and O–H groups in total. The Labute approximate surface area is 106 Å². The average Bonchev–Trinajstić information content (AvgIpc) is 2.66. The molecule has 18 heavy (non-hydrogen) atoms. The van der Waals surface area contributed by atoms with Crippen molar-refractivity contribution in [3.8, 4) is 0 Å². The molecule has 98 valence electrons. The molecule has 1 aliphatic heterocycles. The highest BCUT2D eigenvalue weighted by atomic mass is 32.2. The van der Waals surface area contributed by atoms with Crippen molar-refractivity contribution in [2.75, 3.05) is 23.4 Å². The maximum absolute atomic E-state index is 11.3. The van der Waals surface area contributed by atoms with Gasteiger partial charge in [-0.05, 0) is 24.5 Å². The molecule has 0 aliphatic carbocycles. The lowest BCUT2D eigenvalue weighted by molar-refractivity contribution is 0.0698. The summed E-state index contributed by atoms with van der Waals surface area (Å²) in [6, 6.07) is 6.62. The maximum Gasteiger partial charge on any atom is 0.337 e. The molecule has 1 atom stereocenters. The van der Waals surface area contributed by atoms with Gasteiger partial charge in [-0.3, -0.25) is 0 Å². The lowest BCUT2D eigenvalue weighted by Gasteiger charge is -2.12. The number of aromatic carboxylic acids is 1. The van der Waals surface area contributed by atoms with Gasteiger partial charge in [-0.2, -0.15) is 0 Å². The van der Waals surface area contributed by atoms with Crippen LogP contribution in [0, 0.1) is 5.92 Å². The highest BCUT2D eigenvalue weighted by Crippen LogP contribution is 2.21. The number of sulfone groups is 1. The van der Waals surface area contributed by atoms with Crippen LogP contribution < -0.4 is 5.32 Å². The standard InChI is InChI=1S/C12H15NO4S/c14-12(15)10-3-1-2-4-11(10)13-7-9-5-6-18(16,17)8-9/h1-4,9,13H,5-8H2,(H,14,15). The van der Waals surface area contributed by atoms with E-state index in [0.717, 1.165) is 0 Å². The monoisotopic (exact) mass is 269 g/mol. The molecular formula is C12H15NO4S. The fraction of sp³-hybridized carbons (Fsp3) is 0.417. The van der Waals surface area contributed by atoms with Gasteiger partial charge in [-0.25, -0.2) is 13.2 Å². The summed E-state index contributed by atoms with van der Waals surface area (Å²) < 4.78 is 22.6. The molecule has 2 rings (SSSR count). The predicted octanol–water partition coefficient (Wildman–Crippen LogP) is 1.23. The molecule has 0 spiro atoms. The second-order valence-corrected chi connectivity index (χ2v) is 6.73. The molecule has 6 heteroatoms. The zero-order valence-electron chi connectivity index (χ0n) is 9.80. The molecule has 0 radical (unpaired) electrons. The third-order valence-electron chi connectivity index (χ3n) is 3.07. The van der Waals surface area contributed by atoms with Crippen molar-refractivity contribution >= 4 is 21.5 Å². The third kappa shape index (κ3) is 3.01. The van der Waals surface area contributed by atoms with Crippen molar-refractivity contribution in [3.63, 3.8) is 0 Å². The summed E-state index contributed by atoms with van der Waals surface area (Å²) in [4.78, 5) is 11.0. The molecule has 1 saturated heterocycles. The van der Waals surface area contributed by atoms with Gasteiger partial charge in [0.25, 0.3) is 0 Å². The van der Waals surface area contributed by atoms with Gasteiger partial charge in [-0.1, -0.05) is 12.1 Å². The molecule has 1 heterocycles. The van der Waals surface area contributed by atoms with Gasteiger partial charge in [0.15, 0.2) is 9.84 Å². The number of nitrogens with one attached hydrogen (secondary N) is 1. The van der Waals surface area contributed by atoms with Crippen LogP contribution in [0.5, 0.6) is 0 Å². The van der Waals surface area contributed by atoms with Crippen molar-refractivity contribution in [3.05, 3.63) is 29.8 Å². The molecule has 0 saturated carbocycles. The Kier molecular flexibility index (Phi) is 3.56. The van der Waals surface area contributed by atoms with E-state index in [1.165, 1.54) is 6.07 Å². The summed E-state index contributed by atoms with van der Waals surface area (Å²) in [5, 5.41) is 12.0. The number of hydrogen-bond acceptors (Lipinski definition) is 4. The molecule has 1 fully saturated rings. The topological polar surface area (TPSA) is 83.5 Å². The van der Waals surface area contributed by atoms with Crippen molar-refractivity contribution in [2.24, 2.45) is 5.92 Å². The van der Waals surface area contributed by atoms with E-state index in [0.29, 0.717) is 18.7 Å². The van der Waals surface area contributed by atoms with E-state index >= 15 is 0 Å². The first-order valence-corrected chi connectivity index (χ1v) is 7.57. The van der Waals surface area contributed by atoms with Crippen LogP contribution in [0.4, 0.5) is 5.69 Å². The summed E-state index contributed by atoms with van der Waals surface area (Å²) >= 11 is 0. The minimum absolute atomic E-state index is 0.0665. The van der Waals surface area contributed by atoms with Gasteiger partial charge in [0.05, 0.1) is 17.1 Å². The lowest BCUT2D eigenvalue weighted by Crippen LogP contribution is -2.17. The fourth-order valence-corrected chi connectivity index (χ4v) is 3.97. The molecule has 5 nitrogen and oxygen atoms in total. The van der Waals surface area contributed by atoms with E-state index in [1.54, 1.807) is 18.2 Å². The minimum Gasteiger partial charge on any atom is -0.478 e. The Bertz CT molecular complexity index is 553. The minimum atomic E-state index is -2.88. The smallest absolute Gasteiger partial charge is 0.337 e. The SMILES string of the molecule is O=C(O)c1ccccc1NCC1CCS(=O)(=O)C1. The van der Waals surface area contributed by atoms with Crippen LogP contribution in [0.3, 0.4) is 0 Å². The van der Waals surface area contributed by atoms with Crippen molar-refractivity contribution in [1.29, 1.82) is 0 Å². The highest BCUT2D eigenvalue weighted by Gasteiger charge is 2.27. The molecule has 1 unspecified atom stereocenters. The molecule has 1 aromatic rings. The van der Waals surface area contributed by atoms with E-state index < -0.39 is 15.8 Å². The molecule has 0 bridgehead atoms. The van der Waals surface area contributed by atoms with Crippen LogP contribution in [-0.4, -0.2) is 37.5 Å². The second kappa shape index (κ2) is 4.97. The van der Waals surface area contributed by atoms with Crippen LogP contribution >= 0.6 is 0 Å².